The topological polar surface area (TPSA) is 32.8 Å². The molecule has 4 nitrogen and oxygen atoms in total. The van der Waals surface area contributed by atoms with Crippen molar-refractivity contribution in [2.75, 3.05) is 26.2 Å². The molecule has 0 spiro atoms. The van der Waals surface area contributed by atoms with Gasteiger partial charge in [0.25, 0.3) is 5.91 Å². The third kappa shape index (κ3) is 4.76. The van der Waals surface area contributed by atoms with E-state index >= 15 is 0 Å². The second kappa shape index (κ2) is 8.67. The summed E-state index contributed by atoms with van der Waals surface area (Å²) in [5, 5.41) is 0.698. The molecule has 2 aromatic carbocycles. The van der Waals surface area contributed by atoms with E-state index in [9.17, 15) is 13.6 Å². The highest BCUT2D eigenvalue weighted by molar-refractivity contribution is 6.30. The molecule has 1 amide bonds. The van der Waals surface area contributed by atoms with E-state index in [1.54, 1.807) is 17.0 Å². The number of alkyl halides is 2. The molecular formula is C20H21ClF2N2O2. The third-order valence-corrected chi connectivity index (χ3v) is 5.05. The van der Waals surface area contributed by atoms with Crippen molar-refractivity contribution >= 4 is 17.5 Å². The molecule has 0 bridgehead atoms. The molecule has 144 valence electrons. The van der Waals surface area contributed by atoms with Gasteiger partial charge < -0.3 is 9.64 Å². The molecule has 1 fully saturated rings. The van der Waals surface area contributed by atoms with Crippen molar-refractivity contribution in [1.29, 1.82) is 0 Å². The molecule has 1 atom stereocenters. The fourth-order valence-electron chi connectivity index (χ4n) is 3.30. The van der Waals surface area contributed by atoms with Crippen LogP contribution in [0.1, 0.15) is 28.9 Å². The fraction of sp³-hybridized carbons (Fsp3) is 0.350. The van der Waals surface area contributed by atoms with Crippen LogP contribution in [0.4, 0.5) is 8.78 Å². The Morgan fingerprint density at radius 2 is 1.78 bits per heavy atom. The standard InChI is InChI=1S/C20H21ClF2N2O2/c1-14(15-5-4-6-16(21)13-15)24-9-11-25(12-10-24)19(26)17-7-2-3-8-18(17)27-20(22)23/h2-8,13-14,20H,9-12H2,1H3. The number of halogens is 3. The van der Waals surface area contributed by atoms with Crippen LogP contribution in [-0.2, 0) is 0 Å². The van der Waals surface area contributed by atoms with Crippen LogP contribution in [0.3, 0.4) is 0 Å². The number of carbonyl (C=O) groups is 1. The quantitative estimate of drug-likeness (QED) is 0.750. The average molecular weight is 395 g/mol. The molecule has 0 aliphatic carbocycles. The summed E-state index contributed by atoms with van der Waals surface area (Å²) in [4.78, 5) is 16.7. The summed E-state index contributed by atoms with van der Waals surface area (Å²) in [5.74, 6) is -0.381. The molecule has 1 heterocycles. The van der Waals surface area contributed by atoms with Gasteiger partial charge in [0.2, 0.25) is 0 Å². The van der Waals surface area contributed by atoms with Gasteiger partial charge in [-0.05, 0) is 36.8 Å². The van der Waals surface area contributed by atoms with Gasteiger partial charge in [-0.2, -0.15) is 8.78 Å². The Morgan fingerprint density at radius 3 is 2.44 bits per heavy atom. The molecule has 0 saturated carbocycles. The number of ether oxygens (including phenoxy) is 1. The monoisotopic (exact) mass is 394 g/mol. The zero-order chi connectivity index (χ0) is 19.4. The number of amides is 1. The minimum Gasteiger partial charge on any atom is -0.434 e. The Balaban J connectivity index is 1.65. The SMILES string of the molecule is CC(c1cccc(Cl)c1)N1CCN(C(=O)c2ccccc2OC(F)F)CC1. The molecule has 7 heteroatoms. The van der Waals surface area contributed by atoms with Crippen molar-refractivity contribution in [3.63, 3.8) is 0 Å². The van der Waals surface area contributed by atoms with E-state index in [1.165, 1.54) is 12.1 Å². The van der Waals surface area contributed by atoms with Crippen LogP contribution < -0.4 is 4.74 Å². The van der Waals surface area contributed by atoms with Crippen LogP contribution in [0.25, 0.3) is 0 Å². The molecule has 1 unspecified atom stereocenters. The van der Waals surface area contributed by atoms with Gasteiger partial charge in [0.15, 0.2) is 0 Å². The number of piperazine rings is 1. The minimum absolute atomic E-state index is 0.0905. The third-order valence-electron chi connectivity index (χ3n) is 4.81. The van der Waals surface area contributed by atoms with Gasteiger partial charge >= 0.3 is 6.61 Å². The highest BCUT2D eigenvalue weighted by Crippen LogP contribution is 2.26. The molecule has 0 N–H and O–H groups in total. The maximum Gasteiger partial charge on any atom is 0.387 e. The predicted molar refractivity (Wildman–Crippen MR) is 100 cm³/mol. The average Bonchev–Trinajstić information content (AvgIpc) is 2.67. The first-order chi connectivity index (χ1) is 13.0. The van der Waals surface area contributed by atoms with Gasteiger partial charge in [0, 0.05) is 37.2 Å². The van der Waals surface area contributed by atoms with Crippen LogP contribution >= 0.6 is 11.6 Å². The molecule has 1 aliphatic heterocycles. The van der Waals surface area contributed by atoms with Gasteiger partial charge in [-0.15, -0.1) is 0 Å². The molecule has 2 aromatic rings. The van der Waals surface area contributed by atoms with E-state index in [0.717, 1.165) is 5.56 Å². The lowest BCUT2D eigenvalue weighted by molar-refractivity contribution is -0.0503. The number of nitrogens with zero attached hydrogens (tertiary/aromatic N) is 2. The van der Waals surface area contributed by atoms with E-state index in [4.69, 9.17) is 11.6 Å². The van der Waals surface area contributed by atoms with Crippen LogP contribution in [0.5, 0.6) is 5.75 Å². The Hall–Kier alpha value is -2.18. The number of rotatable bonds is 5. The number of para-hydroxylation sites is 1. The summed E-state index contributed by atoms with van der Waals surface area (Å²) in [6.45, 7) is 1.57. The van der Waals surface area contributed by atoms with Gasteiger partial charge in [0.1, 0.15) is 5.75 Å². The summed E-state index contributed by atoms with van der Waals surface area (Å²) in [7, 11) is 0. The number of hydrogen-bond acceptors (Lipinski definition) is 3. The zero-order valence-electron chi connectivity index (χ0n) is 14.9. The van der Waals surface area contributed by atoms with Crippen molar-refractivity contribution in [2.24, 2.45) is 0 Å². The molecule has 3 rings (SSSR count). The molecule has 0 radical (unpaired) electrons. The lowest BCUT2D eigenvalue weighted by Gasteiger charge is -2.38. The second-order valence-electron chi connectivity index (χ2n) is 6.43. The second-order valence-corrected chi connectivity index (χ2v) is 6.87. The minimum atomic E-state index is -2.96. The molecule has 0 aromatic heterocycles. The maximum atomic E-state index is 12.8. The Kier molecular flexibility index (Phi) is 6.29. The normalized spacial score (nSPS) is 16.4. The highest BCUT2D eigenvalue weighted by Gasteiger charge is 2.27. The van der Waals surface area contributed by atoms with Crippen LogP contribution in [0.2, 0.25) is 5.02 Å². The Labute approximate surface area is 162 Å². The fourth-order valence-corrected chi connectivity index (χ4v) is 3.50. The Bertz CT molecular complexity index is 795. The van der Waals surface area contributed by atoms with Gasteiger partial charge in [0.05, 0.1) is 5.56 Å². The first-order valence-corrected chi connectivity index (χ1v) is 9.16. The zero-order valence-corrected chi connectivity index (χ0v) is 15.7. The van der Waals surface area contributed by atoms with E-state index in [2.05, 4.69) is 16.6 Å². The summed E-state index contributed by atoms with van der Waals surface area (Å²) in [6, 6.07) is 14.0. The smallest absolute Gasteiger partial charge is 0.387 e. The molecule has 1 aliphatic rings. The lowest BCUT2D eigenvalue weighted by atomic mass is 10.1. The van der Waals surface area contributed by atoms with E-state index in [-0.39, 0.29) is 23.3 Å². The van der Waals surface area contributed by atoms with E-state index in [1.807, 2.05) is 24.3 Å². The maximum absolute atomic E-state index is 12.8. The lowest BCUT2D eigenvalue weighted by Crippen LogP contribution is -2.49. The van der Waals surface area contributed by atoms with E-state index in [0.29, 0.717) is 31.2 Å². The van der Waals surface area contributed by atoms with Crippen LogP contribution in [0, 0.1) is 0 Å². The van der Waals surface area contributed by atoms with Crippen molar-refractivity contribution < 1.29 is 18.3 Å². The number of benzene rings is 2. The molecular weight excluding hydrogens is 374 g/mol. The van der Waals surface area contributed by atoms with Gasteiger partial charge in [-0.3, -0.25) is 9.69 Å². The van der Waals surface area contributed by atoms with Gasteiger partial charge in [-0.25, -0.2) is 0 Å². The van der Waals surface area contributed by atoms with Crippen LogP contribution in [0.15, 0.2) is 48.5 Å². The number of hydrogen-bond donors (Lipinski definition) is 0. The molecule has 27 heavy (non-hydrogen) atoms. The number of carbonyl (C=O) groups excluding carboxylic acids is 1. The van der Waals surface area contributed by atoms with Crippen molar-refractivity contribution in [3.05, 3.63) is 64.7 Å². The van der Waals surface area contributed by atoms with Crippen molar-refractivity contribution in [1.82, 2.24) is 9.80 Å². The van der Waals surface area contributed by atoms with Gasteiger partial charge in [-0.1, -0.05) is 35.9 Å². The largest absolute Gasteiger partial charge is 0.434 e. The summed E-state index contributed by atoms with van der Waals surface area (Å²) < 4.78 is 29.6. The van der Waals surface area contributed by atoms with Crippen molar-refractivity contribution in [3.8, 4) is 5.75 Å². The molecule has 1 saturated heterocycles. The van der Waals surface area contributed by atoms with Crippen LogP contribution in [-0.4, -0.2) is 48.5 Å². The first-order valence-electron chi connectivity index (χ1n) is 8.78. The predicted octanol–water partition coefficient (Wildman–Crippen LogP) is 4.46. The van der Waals surface area contributed by atoms with Crippen molar-refractivity contribution in [2.45, 2.75) is 19.6 Å². The summed E-state index contributed by atoms with van der Waals surface area (Å²) >= 11 is 6.07. The Morgan fingerprint density at radius 1 is 1.07 bits per heavy atom. The highest BCUT2D eigenvalue weighted by atomic mass is 35.5. The summed E-state index contributed by atoms with van der Waals surface area (Å²) in [6.07, 6.45) is 0. The van der Waals surface area contributed by atoms with E-state index < -0.39 is 6.61 Å². The summed E-state index contributed by atoms with van der Waals surface area (Å²) in [5.41, 5.74) is 1.28. The first kappa shape index (κ1) is 19.6.